The molecule has 0 aliphatic carbocycles. The molecule has 0 fully saturated rings. The van der Waals surface area contributed by atoms with E-state index in [4.69, 9.17) is 0 Å². The Morgan fingerprint density at radius 3 is 3.16 bits per heavy atom. The predicted octanol–water partition coefficient (Wildman–Crippen LogP) is 2.83. The van der Waals surface area contributed by atoms with E-state index in [0.29, 0.717) is 6.42 Å². The van der Waals surface area contributed by atoms with Gasteiger partial charge in [0, 0.05) is 23.1 Å². The molecule has 1 amide bonds. The van der Waals surface area contributed by atoms with Gasteiger partial charge in [-0.3, -0.25) is 4.79 Å². The third-order valence-electron chi connectivity index (χ3n) is 2.92. The van der Waals surface area contributed by atoms with Gasteiger partial charge in [0.1, 0.15) is 12.4 Å². The number of carbonyl (C=O) groups excluding carboxylic acids is 1. The Bertz CT molecular complexity index is 700. The van der Waals surface area contributed by atoms with Crippen LogP contribution in [0.25, 0.3) is 16.2 Å². The zero-order valence-electron chi connectivity index (χ0n) is 10.5. The number of fused-ring (bicyclic) bond motifs is 1. The van der Waals surface area contributed by atoms with E-state index in [2.05, 4.69) is 14.7 Å². The number of benzene rings is 1. The van der Waals surface area contributed by atoms with Crippen molar-refractivity contribution in [1.29, 1.82) is 0 Å². The number of hydrogen-bond donors (Lipinski definition) is 2. The zero-order valence-corrected chi connectivity index (χ0v) is 11.3. The van der Waals surface area contributed by atoms with E-state index in [1.807, 2.05) is 49.0 Å². The molecule has 2 N–H and O–H groups in total. The highest BCUT2D eigenvalue weighted by Gasteiger charge is 2.12. The van der Waals surface area contributed by atoms with Crippen LogP contribution in [0, 0.1) is 0 Å². The summed E-state index contributed by atoms with van der Waals surface area (Å²) in [6.07, 6.45) is 4.55. The van der Waals surface area contributed by atoms with Gasteiger partial charge in [-0.1, -0.05) is 30.4 Å². The van der Waals surface area contributed by atoms with Crippen LogP contribution < -0.4 is 9.72 Å². The standard InChI is InChI=1S/C14H13N3OS/c1-2-13(18)15-11-5-3-4-10(8-11)12-9-17-6-7-19-14(17)16-12/h3-9H,2H2,1H3,(H,15,18)/p+1. The molecule has 0 spiro atoms. The summed E-state index contributed by atoms with van der Waals surface area (Å²) in [5.41, 5.74) is 2.93. The summed E-state index contributed by atoms with van der Waals surface area (Å²) in [6.45, 7) is 1.84. The van der Waals surface area contributed by atoms with Crippen LogP contribution in [0.3, 0.4) is 0 Å². The van der Waals surface area contributed by atoms with E-state index in [9.17, 15) is 4.79 Å². The third-order valence-corrected chi connectivity index (χ3v) is 3.72. The number of hydrogen-bond acceptors (Lipinski definition) is 2. The smallest absolute Gasteiger partial charge is 0.326 e. The number of aromatic nitrogens is 2. The fourth-order valence-corrected chi connectivity index (χ4v) is 2.66. The Morgan fingerprint density at radius 1 is 1.47 bits per heavy atom. The van der Waals surface area contributed by atoms with Gasteiger partial charge in [-0.05, 0) is 12.1 Å². The Hall–Kier alpha value is -2.14. The lowest BCUT2D eigenvalue weighted by molar-refractivity contribution is -0.505. The lowest BCUT2D eigenvalue weighted by Crippen LogP contribution is -2.11. The molecule has 0 aliphatic heterocycles. The largest absolute Gasteiger partial charge is 0.343 e. The van der Waals surface area contributed by atoms with E-state index in [-0.39, 0.29) is 5.91 Å². The van der Waals surface area contributed by atoms with Gasteiger partial charge in [-0.15, -0.1) is 0 Å². The van der Waals surface area contributed by atoms with Crippen molar-refractivity contribution in [3.05, 3.63) is 42.0 Å². The summed E-state index contributed by atoms with van der Waals surface area (Å²) >= 11 is 1.66. The molecule has 5 heteroatoms. The van der Waals surface area contributed by atoms with Crippen LogP contribution in [0.1, 0.15) is 13.3 Å². The maximum Gasteiger partial charge on any atom is 0.343 e. The summed E-state index contributed by atoms with van der Waals surface area (Å²) in [6, 6.07) is 7.84. The van der Waals surface area contributed by atoms with Gasteiger partial charge in [0.2, 0.25) is 5.91 Å². The van der Waals surface area contributed by atoms with Crippen molar-refractivity contribution in [1.82, 2.24) is 4.98 Å². The van der Waals surface area contributed by atoms with Gasteiger partial charge in [0.25, 0.3) is 0 Å². The normalized spacial score (nSPS) is 10.8. The van der Waals surface area contributed by atoms with Crippen LogP contribution in [0.5, 0.6) is 0 Å². The van der Waals surface area contributed by atoms with Crippen LogP contribution in [0.2, 0.25) is 0 Å². The lowest BCUT2D eigenvalue weighted by atomic mass is 10.1. The maximum atomic E-state index is 11.4. The highest BCUT2D eigenvalue weighted by atomic mass is 32.1. The monoisotopic (exact) mass is 272 g/mol. The SMILES string of the molecule is CCC(=O)Nc1cccc(-c2c[n+]3ccsc3[nH]2)c1. The van der Waals surface area contributed by atoms with Gasteiger partial charge in [-0.25, -0.2) is 4.98 Å². The maximum absolute atomic E-state index is 11.4. The second-order valence-corrected chi connectivity index (χ2v) is 5.16. The van der Waals surface area contributed by atoms with Gasteiger partial charge < -0.3 is 5.32 Å². The van der Waals surface area contributed by atoms with Crippen LogP contribution >= 0.6 is 11.3 Å². The van der Waals surface area contributed by atoms with Crippen molar-refractivity contribution in [3.8, 4) is 11.3 Å². The van der Waals surface area contributed by atoms with E-state index in [0.717, 1.165) is 21.9 Å². The van der Waals surface area contributed by atoms with Gasteiger partial charge in [0.05, 0.1) is 0 Å². The van der Waals surface area contributed by atoms with Crippen molar-refractivity contribution in [2.24, 2.45) is 0 Å². The molecule has 1 aromatic carbocycles. The number of aromatic amines is 1. The highest BCUT2D eigenvalue weighted by Crippen LogP contribution is 2.21. The van der Waals surface area contributed by atoms with E-state index < -0.39 is 0 Å². The number of anilines is 1. The predicted molar refractivity (Wildman–Crippen MR) is 76.2 cm³/mol. The number of thiazole rings is 1. The van der Waals surface area contributed by atoms with Crippen molar-refractivity contribution in [2.45, 2.75) is 13.3 Å². The molecule has 0 aliphatic rings. The van der Waals surface area contributed by atoms with Crippen molar-refractivity contribution < 1.29 is 9.20 Å². The minimum atomic E-state index is 0.0268. The number of nitrogens with zero attached hydrogens (tertiary/aromatic N) is 1. The van der Waals surface area contributed by atoms with Crippen LogP contribution in [0.4, 0.5) is 5.69 Å². The Labute approximate surface area is 114 Å². The van der Waals surface area contributed by atoms with E-state index >= 15 is 0 Å². The zero-order chi connectivity index (χ0) is 13.2. The fourth-order valence-electron chi connectivity index (χ4n) is 1.93. The highest BCUT2D eigenvalue weighted by molar-refractivity contribution is 7.14. The van der Waals surface area contributed by atoms with Crippen LogP contribution in [-0.2, 0) is 4.79 Å². The van der Waals surface area contributed by atoms with Gasteiger partial charge >= 0.3 is 4.96 Å². The topological polar surface area (TPSA) is 49.0 Å². The lowest BCUT2D eigenvalue weighted by Gasteiger charge is -2.04. The first kappa shape index (κ1) is 11.9. The third kappa shape index (κ3) is 2.37. The Kier molecular flexibility index (Phi) is 3.05. The minimum Gasteiger partial charge on any atom is -0.326 e. The summed E-state index contributed by atoms with van der Waals surface area (Å²) in [5.74, 6) is 0.0268. The first-order valence-electron chi connectivity index (χ1n) is 6.14. The summed E-state index contributed by atoms with van der Waals surface area (Å²) in [4.78, 5) is 15.9. The van der Waals surface area contributed by atoms with Gasteiger partial charge in [-0.2, -0.15) is 4.40 Å². The number of rotatable bonds is 3. The molecule has 19 heavy (non-hydrogen) atoms. The Morgan fingerprint density at radius 2 is 2.37 bits per heavy atom. The first-order chi connectivity index (χ1) is 9.26. The summed E-state index contributed by atoms with van der Waals surface area (Å²) < 4.78 is 2.05. The molecule has 0 radical (unpaired) electrons. The Balaban J connectivity index is 1.94. The molecule has 3 rings (SSSR count). The summed E-state index contributed by atoms with van der Waals surface area (Å²) in [7, 11) is 0. The number of nitrogens with one attached hydrogen (secondary N) is 2. The van der Waals surface area contributed by atoms with Crippen molar-refractivity contribution in [2.75, 3.05) is 5.32 Å². The minimum absolute atomic E-state index is 0.0268. The fraction of sp³-hybridized carbons (Fsp3) is 0.143. The second kappa shape index (κ2) is 4.85. The number of imidazole rings is 1. The van der Waals surface area contributed by atoms with E-state index in [1.54, 1.807) is 11.3 Å². The average molecular weight is 272 g/mol. The molecule has 4 nitrogen and oxygen atoms in total. The van der Waals surface area contributed by atoms with Crippen LogP contribution in [0.15, 0.2) is 42.0 Å². The number of H-pyrrole nitrogens is 1. The molecule has 0 saturated heterocycles. The van der Waals surface area contributed by atoms with Crippen molar-refractivity contribution in [3.63, 3.8) is 0 Å². The summed E-state index contributed by atoms with van der Waals surface area (Å²) in [5, 5.41) is 4.91. The molecule has 0 atom stereocenters. The molecule has 2 heterocycles. The van der Waals surface area contributed by atoms with E-state index in [1.165, 1.54) is 0 Å². The molecule has 0 saturated carbocycles. The molecule has 3 aromatic rings. The molecular weight excluding hydrogens is 258 g/mol. The molecule has 96 valence electrons. The number of amides is 1. The second-order valence-electron chi connectivity index (χ2n) is 4.27. The molecular formula is C14H14N3OS+. The van der Waals surface area contributed by atoms with Crippen LogP contribution in [-0.4, -0.2) is 10.9 Å². The molecule has 0 unspecified atom stereocenters. The van der Waals surface area contributed by atoms with Crippen molar-refractivity contribution >= 4 is 27.9 Å². The number of carbonyl (C=O) groups is 1. The molecule has 2 aromatic heterocycles. The molecule has 0 bridgehead atoms. The van der Waals surface area contributed by atoms with Gasteiger partial charge in [0.15, 0.2) is 5.69 Å². The first-order valence-corrected chi connectivity index (χ1v) is 7.02. The average Bonchev–Trinajstić information content (AvgIpc) is 2.99. The quantitative estimate of drug-likeness (QED) is 0.708.